The smallest absolute Gasteiger partial charge is 0.291 e. The van der Waals surface area contributed by atoms with E-state index in [1.165, 1.54) is 9.21 Å². The summed E-state index contributed by atoms with van der Waals surface area (Å²) in [4.78, 5) is 12.4. The van der Waals surface area contributed by atoms with E-state index in [9.17, 15) is 9.18 Å². The third-order valence-corrected chi connectivity index (χ3v) is 2.77. The first-order valence-corrected chi connectivity index (χ1v) is 4.03. The molecule has 0 aromatic carbocycles. The number of hydrogen-bond acceptors (Lipinski definition) is 2. The summed E-state index contributed by atoms with van der Waals surface area (Å²) in [7, 11) is 0. The van der Waals surface area contributed by atoms with Gasteiger partial charge >= 0.3 is 6.03 Å². The fraction of sp³-hybridized carbons (Fsp3) is 0.833. The molecule has 2 saturated heterocycles. The van der Waals surface area contributed by atoms with Gasteiger partial charge in [0.05, 0.1) is 6.04 Å². The van der Waals surface area contributed by atoms with Gasteiger partial charge in [-0.05, 0) is 12.8 Å². The maximum Gasteiger partial charge on any atom is 0.332 e. The van der Waals surface area contributed by atoms with Crippen molar-refractivity contribution in [3.63, 3.8) is 0 Å². The fourth-order valence-electron chi connectivity index (χ4n) is 1.60. The molecule has 2 aliphatic heterocycles. The van der Waals surface area contributed by atoms with Gasteiger partial charge in [0.15, 0.2) is 6.30 Å². The van der Waals surface area contributed by atoms with Crippen molar-refractivity contribution in [3.05, 3.63) is 0 Å². The number of carbonyl (C=O) groups is 1. The maximum absolute atomic E-state index is 12.9. The van der Waals surface area contributed by atoms with Gasteiger partial charge in [0.25, 0.3) is 0 Å². The average Bonchev–Trinajstić information content (AvgIpc) is 2.24. The molecule has 2 bridgehead atoms. The van der Waals surface area contributed by atoms with Crippen molar-refractivity contribution in [2.45, 2.75) is 25.2 Å². The largest absolute Gasteiger partial charge is 0.332 e. The van der Waals surface area contributed by atoms with Crippen molar-refractivity contribution >= 4 is 18.8 Å². The molecule has 62 valence electrons. The zero-order valence-electron chi connectivity index (χ0n) is 5.90. The molecule has 2 heterocycles. The summed E-state index contributed by atoms with van der Waals surface area (Å²) in [6.07, 6.45) is 0.0938. The van der Waals surface area contributed by atoms with Crippen LogP contribution in [-0.2, 0) is 0 Å². The van der Waals surface area contributed by atoms with Crippen LogP contribution in [0.5, 0.6) is 0 Å². The Morgan fingerprint density at radius 2 is 2.27 bits per heavy atom. The Morgan fingerprint density at radius 1 is 1.55 bits per heavy atom. The Bertz CT molecular complexity index is 201. The van der Waals surface area contributed by atoms with Gasteiger partial charge in [0.2, 0.25) is 0 Å². The molecule has 2 fully saturated rings. The number of nitrogens with zero attached hydrogens (tertiary/aromatic N) is 2. The Balaban J connectivity index is 2.22. The van der Waals surface area contributed by atoms with Crippen molar-refractivity contribution < 1.29 is 9.18 Å². The number of fused-ring (bicyclic) bond motifs is 2. The first-order valence-electron chi connectivity index (χ1n) is 3.63. The molecule has 0 radical (unpaired) electrons. The number of amides is 2. The molecule has 0 N–H and O–H groups in total. The minimum atomic E-state index is -1.09. The van der Waals surface area contributed by atoms with Crippen molar-refractivity contribution in [2.24, 2.45) is 0 Å². The second kappa shape index (κ2) is 2.27. The Labute approximate surface area is 69.7 Å². The van der Waals surface area contributed by atoms with Crippen LogP contribution in [0.4, 0.5) is 9.18 Å². The molecule has 0 aromatic heterocycles. The van der Waals surface area contributed by atoms with Crippen molar-refractivity contribution in [1.82, 2.24) is 9.21 Å². The average molecular weight is 176 g/mol. The summed E-state index contributed by atoms with van der Waals surface area (Å²) < 4.78 is 14.3. The van der Waals surface area contributed by atoms with Crippen LogP contribution >= 0.6 is 12.8 Å². The van der Waals surface area contributed by atoms with E-state index >= 15 is 0 Å². The van der Waals surface area contributed by atoms with Crippen LogP contribution in [0, 0.1) is 0 Å². The highest BCUT2D eigenvalue weighted by Gasteiger charge is 2.43. The molecular formula is C6H9FN2OS. The third-order valence-electron chi connectivity index (χ3n) is 2.27. The van der Waals surface area contributed by atoms with E-state index in [1.54, 1.807) is 0 Å². The molecule has 0 spiro atoms. The first kappa shape index (κ1) is 7.21. The number of hydrogen-bond donors (Lipinski definition) is 1. The van der Waals surface area contributed by atoms with Crippen LogP contribution in [-0.4, -0.2) is 34.1 Å². The van der Waals surface area contributed by atoms with E-state index in [0.717, 1.165) is 6.42 Å². The molecule has 5 heteroatoms. The zero-order valence-corrected chi connectivity index (χ0v) is 6.80. The molecule has 0 aliphatic carbocycles. The fourth-order valence-corrected chi connectivity index (χ4v) is 1.91. The highest BCUT2D eigenvalue weighted by Crippen LogP contribution is 2.30. The number of urea groups is 1. The molecule has 0 unspecified atom stereocenters. The minimum Gasteiger partial charge on any atom is -0.291 e. The van der Waals surface area contributed by atoms with Gasteiger partial charge in [0.1, 0.15) is 0 Å². The summed E-state index contributed by atoms with van der Waals surface area (Å²) >= 11 is 3.98. The monoisotopic (exact) mass is 176 g/mol. The SMILES string of the molecule is O=C1N(S)[C@@H]2CC[C@@H](F)N1C2. The van der Waals surface area contributed by atoms with Crippen LogP contribution in [0.25, 0.3) is 0 Å². The second-order valence-electron chi connectivity index (χ2n) is 2.95. The van der Waals surface area contributed by atoms with Gasteiger partial charge in [-0.1, -0.05) is 12.8 Å². The quantitative estimate of drug-likeness (QED) is 0.432. The molecule has 2 rings (SSSR count). The van der Waals surface area contributed by atoms with E-state index in [-0.39, 0.29) is 12.1 Å². The van der Waals surface area contributed by atoms with Gasteiger partial charge in [-0.2, -0.15) is 0 Å². The van der Waals surface area contributed by atoms with Crippen molar-refractivity contribution in [1.29, 1.82) is 0 Å². The number of halogens is 1. The minimum absolute atomic E-state index is 0.123. The van der Waals surface area contributed by atoms with Crippen LogP contribution in [0.15, 0.2) is 0 Å². The first-order chi connectivity index (χ1) is 5.20. The zero-order chi connectivity index (χ0) is 8.01. The van der Waals surface area contributed by atoms with Crippen LogP contribution < -0.4 is 0 Å². The number of piperidine rings is 1. The van der Waals surface area contributed by atoms with Gasteiger partial charge in [0, 0.05) is 6.54 Å². The molecule has 3 nitrogen and oxygen atoms in total. The van der Waals surface area contributed by atoms with Crippen LogP contribution in [0.1, 0.15) is 12.8 Å². The molecule has 2 amide bonds. The summed E-state index contributed by atoms with van der Waals surface area (Å²) in [6.45, 7) is 0.503. The lowest BCUT2D eigenvalue weighted by molar-refractivity contribution is 0.0971. The van der Waals surface area contributed by atoms with E-state index in [0.29, 0.717) is 13.0 Å². The Hall–Kier alpha value is -0.450. The normalized spacial score (nSPS) is 36.7. The summed E-state index contributed by atoms with van der Waals surface area (Å²) in [5.41, 5.74) is 0. The standard InChI is InChI=1S/C6H9FN2OS/c7-5-2-1-4-3-8(5)6(10)9(4)11/h4-5,11H,1-3H2/t4-,5+/m1/s1. The Morgan fingerprint density at radius 3 is 2.91 bits per heavy atom. The van der Waals surface area contributed by atoms with Crippen LogP contribution in [0.3, 0.4) is 0 Å². The summed E-state index contributed by atoms with van der Waals surface area (Å²) in [5, 5.41) is 0. The van der Waals surface area contributed by atoms with E-state index in [1.807, 2.05) is 0 Å². The highest BCUT2D eigenvalue weighted by molar-refractivity contribution is 7.78. The predicted octanol–water partition coefficient (Wildman–Crippen LogP) is 1.03. The third kappa shape index (κ3) is 0.903. The van der Waals surface area contributed by atoms with E-state index < -0.39 is 6.30 Å². The van der Waals surface area contributed by atoms with Crippen molar-refractivity contribution in [2.75, 3.05) is 6.54 Å². The summed E-state index contributed by atoms with van der Waals surface area (Å²) in [6, 6.07) is -0.166. The lowest BCUT2D eigenvalue weighted by Crippen LogP contribution is -2.36. The second-order valence-corrected chi connectivity index (χ2v) is 3.38. The molecule has 0 saturated carbocycles. The number of thiol groups is 1. The number of rotatable bonds is 0. The van der Waals surface area contributed by atoms with E-state index in [2.05, 4.69) is 12.8 Å². The van der Waals surface area contributed by atoms with Gasteiger partial charge in [-0.25, -0.2) is 9.18 Å². The molecule has 0 aromatic rings. The molecule has 2 atom stereocenters. The Kier molecular flexibility index (Phi) is 1.49. The highest BCUT2D eigenvalue weighted by atomic mass is 32.1. The number of alkyl halides is 1. The maximum atomic E-state index is 12.9. The molecule has 2 aliphatic rings. The van der Waals surface area contributed by atoms with Gasteiger partial charge in [-0.15, -0.1) is 0 Å². The van der Waals surface area contributed by atoms with Gasteiger partial charge < -0.3 is 0 Å². The molecular weight excluding hydrogens is 167 g/mol. The lowest BCUT2D eigenvalue weighted by Gasteiger charge is -2.23. The molecule has 11 heavy (non-hydrogen) atoms. The lowest BCUT2D eigenvalue weighted by atomic mass is 10.1. The topological polar surface area (TPSA) is 23.6 Å². The van der Waals surface area contributed by atoms with Crippen molar-refractivity contribution in [3.8, 4) is 0 Å². The summed E-state index contributed by atoms with van der Waals surface area (Å²) in [5.74, 6) is 0. The van der Waals surface area contributed by atoms with E-state index in [4.69, 9.17) is 0 Å². The number of carbonyl (C=O) groups excluding carboxylic acids is 1. The predicted molar refractivity (Wildman–Crippen MR) is 40.8 cm³/mol. The van der Waals surface area contributed by atoms with Crippen LogP contribution in [0.2, 0.25) is 0 Å². The van der Waals surface area contributed by atoms with Gasteiger partial charge in [-0.3, -0.25) is 9.21 Å².